The SMILES string of the molecule is COCc1cncc(-c2ccc3c(c2)C(CN)=NCC3=O)c1. The van der Waals surface area contributed by atoms with Gasteiger partial charge in [0.1, 0.15) is 6.54 Å². The quantitative estimate of drug-likeness (QED) is 0.933. The van der Waals surface area contributed by atoms with E-state index in [-0.39, 0.29) is 12.3 Å². The number of ether oxygens (including phenoxy) is 1. The van der Waals surface area contributed by atoms with Crippen LogP contribution in [0.1, 0.15) is 21.5 Å². The van der Waals surface area contributed by atoms with Gasteiger partial charge in [-0.25, -0.2) is 0 Å². The van der Waals surface area contributed by atoms with Crippen molar-refractivity contribution in [3.8, 4) is 11.1 Å². The molecule has 0 amide bonds. The molecule has 112 valence electrons. The Bertz CT molecular complexity index is 753. The third-order valence-corrected chi connectivity index (χ3v) is 3.68. The molecule has 0 saturated heterocycles. The monoisotopic (exact) mass is 295 g/mol. The first-order valence-corrected chi connectivity index (χ1v) is 7.07. The number of hydrogen-bond donors (Lipinski definition) is 1. The van der Waals surface area contributed by atoms with E-state index in [9.17, 15) is 4.79 Å². The summed E-state index contributed by atoms with van der Waals surface area (Å²) in [6.07, 6.45) is 3.58. The lowest BCUT2D eigenvalue weighted by Gasteiger charge is -2.16. The molecule has 22 heavy (non-hydrogen) atoms. The number of aromatic nitrogens is 1. The number of nitrogens with two attached hydrogens (primary N) is 1. The lowest BCUT2D eigenvalue weighted by Crippen LogP contribution is -2.24. The van der Waals surface area contributed by atoms with Gasteiger partial charge < -0.3 is 10.5 Å². The van der Waals surface area contributed by atoms with Gasteiger partial charge in [0.25, 0.3) is 0 Å². The Hall–Kier alpha value is -2.37. The molecule has 5 nitrogen and oxygen atoms in total. The summed E-state index contributed by atoms with van der Waals surface area (Å²) >= 11 is 0. The highest BCUT2D eigenvalue weighted by Gasteiger charge is 2.20. The van der Waals surface area contributed by atoms with Crippen LogP contribution in [0.2, 0.25) is 0 Å². The fourth-order valence-corrected chi connectivity index (χ4v) is 2.61. The maximum atomic E-state index is 12.0. The maximum absolute atomic E-state index is 12.0. The van der Waals surface area contributed by atoms with E-state index in [0.717, 1.165) is 28.0 Å². The molecule has 0 unspecified atom stereocenters. The van der Waals surface area contributed by atoms with Gasteiger partial charge in [0.15, 0.2) is 5.78 Å². The molecule has 0 radical (unpaired) electrons. The highest BCUT2D eigenvalue weighted by Crippen LogP contribution is 2.25. The zero-order valence-corrected chi connectivity index (χ0v) is 12.4. The number of carbonyl (C=O) groups excluding carboxylic acids is 1. The van der Waals surface area contributed by atoms with Crippen molar-refractivity contribution in [2.45, 2.75) is 6.61 Å². The number of carbonyl (C=O) groups is 1. The largest absolute Gasteiger partial charge is 0.380 e. The standard InChI is InChI=1S/C17H17N3O2/c1-22-10-11-4-13(8-19-7-11)12-2-3-14-15(5-12)16(6-18)20-9-17(14)21/h2-5,7-8H,6,9-10,18H2,1H3. The minimum atomic E-state index is 0.0324. The van der Waals surface area contributed by atoms with Crippen molar-refractivity contribution >= 4 is 11.5 Å². The smallest absolute Gasteiger partial charge is 0.184 e. The minimum absolute atomic E-state index is 0.0324. The van der Waals surface area contributed by atoms with E-state index in [1.54, 1.807) is 19.5 Å². The first-order valence-electron chi connectivity index (χ1n) is 7.07. The third-order valence-electron chi connectivity index (χ3n) is 3.68. The molecule has 1 aromatic carbocycles. The predicted octanol–water partition coefficient (Wildman–Crippen LogP) is 1.84. The van der Waals surface area contributed by atoms with Gasteiger partial charge in [0.2, 0.25) is 0 Å². The number of ketones is 1. The number of rotatable bonds is 4. The molecule has 0 aliphatic carbocycles. The number of methoxy groups -OCH3 is 1. The van der Waals surface area contributed by atoms with Crippen molar-refractivity contribution in [2.75, 3.05) is 20.2 Å². The van der Waals surface area contributed by atoms with Gasteiger partial charge in [0.05, 0.1) is 12.3 Å². The number of pyridine rings is 1. The van der Waals surface area contributed by atoms with Crippen LogP contribution in [0.15, 0.2) is 41.7 Å². The molecule has 0 fully saturated rings. The average Bonchev–Trinajstić information content (AvgIpc) is 2.55. The molecule has 1 aliphatic rings. The fraction of sp³-hybridized carbons (Fsp3) is 0.235. The second-order valence-electron chi connectivity index (χ2n) is 5.17. The van der Waals surface area contributed by atoms with Gasteiger partial charge in [-0.05, 0) is 23.3 Å². The molecule has 1 aromatic heterocycles. The number of nitrogens with zero attached hydrogens (tertiary/aromatic N) is 2. The summed E-state index contributed by atoms with van der Waals surface area (Å²) in [5.74, 6) is 0.0324. The van der Waals surface area contributed by atoms with Crippen molar-refractivity contribution in [1.29, 1.82) is 0 Å². The van der Waals surface area contributed by atoms with Gasteiger partial charge in [-0.1, -0.05) is 12.1 Å². The summed E-state index contributed by atoms with van der Waals surface area (Å²) in [4.78, 5) is 20.5. The molecule has 2 aromatic rings. The molecule has 2 heterocycles. The molecule has 1 aliphatic heterocycles. The van der Waals surface area contributed by atoms with Gasteiger partial charge in [0, 0.05) is 42.7 Å². The Morgan fingerprint density at radius 1 is 1.18 bits per heavy atom. The first kappa shape index (κ1) is 14.6. The maximum Gasteiger partial charge on any atom is 0.184 e. The van der Waals surface area contributed by atoms with Crippen molar-refractivity contribution in [3.63, 3.8) is 0 Å². The van der Waals surface area contributed by atoms with Crippen molar-refractivity contribution in [1.82, 2.24) is 4.98 Å². The average molecular weight is 295 g/mol. The Morgan fingerprint density at radius 2 is 2.05 bits per heavy atom. The minimum Gasteiger partial charge on any atom is -0.380 e. The second kappa shape index (κ2) is 6.17. The van der Waals surface area contributed by atoms with E-state index in [0.29, 0.717) is 18.7 Å². The second-order valence-corrected chi connectivity index (χ2v) is 5.17. The topological polar surface area (TPSA) is 77.6 Å². The Morgan fingerprint density at radius 3 is 2.82 bits per heavy atom. The van der Waals surface area contributed by atoms with E-state index in [4.69, 9.17) is 10.5 Å². The molecule has 0 atom stereocenters. The van der Waals surface area contributed by atoms with Gasteiger partial charge in [-0.2, -0.15) is 0 Å². The van der Waals surface area contributed by atoms with Crippen molar-refractivity contribution in [2.24, 2.45) is 10.7 Å². The Balaban J connectivity index is 2.05. The van der Waals surface area contributed by atoms with Crippen LogP contribution in [0.4, 0.5) is 0 Å². The highest BCUT2D eigenvalue weighted by atomic mass is 16.5. The molecule has 0 spiro atoms. The molecule has 0 saturated carbocycles. The van der Waals surface area contributed by atoms with Gasteiger partial charge >= 0.3 is 0 Å². The normalized spacial score (nSPS) is 13.7. The van der Waals surface area contributed by atoms with Crippen LogP contribution in [0, 0.1) is 0 Å². The fourth-order valence-electron chi connectivity index (χ4n) is 2.61. The molecule has 5 heteroatoms. The van der Waals surface area contributed by atoms with Crippen LogP contribution >= 0.6 is 0 Å². The molecular formula is C17H17N3O2. The summed E-state index contributed by atoms with van der Waals surface area (Å²) in [7, 11) is 1.65. The first-order chi connectivity index (χ1) is 10.7. The van der Waals surface area contributed by atoms with E-state index in [2.05, 4.69) is 9.98 Å². The predicted molar refractivity (Wildman–Crippen MR) is 85.2 cm³/mol. The van der Waals surface area contributed by atoms with Crippen molar-refractivity contribution < 1.29 is 9.53 Å². The number of Topliss-reactive ketones (excluding diaryl/α,β-unsaturated/α-hetero) is 1. The lowest BCUT2D eigenvalue weighted by molar-refractivity contribution is 0.1000. The summed E-state index contributed by atoms with van der Waals surface area (Å²) in [5, 5.41) is 0. The number of aliphatic imine (C=N–C) groups is 1. The molecular weight excluding hydrogens is 278 g/mol. The Kier molecular flexibility index (Phi) is 4.09. The molecule has 2 N–H and O–H groups in total. The number of hydrogen-bond acceptors (Lipinski definition) is 5. The number of benzene rings is 1. The summed E-state index contributed by atoms with van der Waals surface area (Å²) in [5.41, 5.74) is 11.0. The zero-order chi connectivity index (χ0) is 15.5. The molecule has 3 rings (SSSR count). The van der Waals surface area contributed by atoms with Crippen LogP contribution in [0.25, 0.3) is 11.1 Å². The highest BCUT2D eigenvalue weighted by molar-refractivity contribution is 6.16. The van der Waals surface area contributed by atoms with Crippen LogP contribution < -0.4 is 5.73 Å². The lowest BCUT2D eigenvalue weighted by atomic mass is 9.92. The summed E-state index contributed by atoms with van der Waals surface area (Å²) in [6, 6.07) is 7.78. The van der Waals surface area contributed by atoms with Crippen LogP contribution in [0.3, 0.4) is 0 Å². The summed E-state index contributed by atoms with van der Waals surface area (Å²) in [6.45, 7) is 1.02. The zero-order valence-electron chi connectivity index (χ0n) is 12.4. The van der Waals surface area contributed by atoms with E-state index in [1.807, 2.05) is 24.3 Å². The van der Waals surface area contributed by atoms with Gasteiger partial charge in [-0.3, -0.25) is 14.8 Å². The van der Waals surface area contributed by atoms with E-state index >= 15 is 0 Å². The summed E-state index contributed by atoms with van der Waals surface area (Å²) < 4.78 is 5.14. The molecule has 0 bridgehead atoms. The van der Waals surface area contributed by atoms with Crippen molar-refractivity contribution in [3.05, 3.63) is 53.3 Å². The van der Waals surface area contributed by atoms with Gasteiger partial charge in [-0.15, -0.1) is 0 Å². The third kappa shape index (κ3) is 2.68. The number of fused-ring (bicyclic) bond motifs is 1. The van der Waals surface area contributed by atoms with Crippen LogP contribution in [-0.2, 0) is 11.3 Å². The Labute approximate surface area is 128 Å². The van der Waals surface area contributed by atoms with E-state index in [1.165, 1.54) is 0 Å². The van der Waals surface area contributed by atoms with Crippen LogP contribution in [-0.4, -0.2) is 36.7 Å². The van der Waals surface area contributed by atoms with Crippen LogP contribution in [0.5, 0.6) is 0 Å². The van der Waals surface area contributed by atoms with E-state index < -0.39 is 0 Å².